The Morgan fingerprint density at radius 3 is 3.10 bits per heavy atom. The van der Waals surface area contributed by atoms with Crippen molar-refractivity contribution in [2.75, 3.05) is 31.6 Å². The number of anilines is 1. The van der Waals surface area contributed by atoms with Crippen molar-refractivity contribution in [2.45, 2.75) is 18.9 Å². The molecule has 1 atom stereocenters. The second-order valence-corrected chi connectivity index (χ2v) is 7.57. The Balaban J connectivity index is 1.36. The molecule has 29 heavy (non-hydrogen) atoms. The van der Waals surface area contributed by atoms with Gasteiger partial charge in [0.15, 0.2) is 11.6 Å². The standard InChI is InChI=1S/C20H24N6O3/c1-25-19(17(11-22-25)29-12-16-10-21-5-7-28-16)14-4-6-26-15(8-14)9-18(24-26)23-20(27)13-2-3-13/h4,6,8-9,11,13,16,21H,2-3,5,7,10,12H2,1H3,(H,23,24,27)/t16-/m1/s1. The van der Waals surface area contributed by atoms with E-state index in [2.05, 4.69) is 20.8 Å². The van der Waals surface area contributed by atoms with E-state index < -0.39 is 0 Å². The third kappa shape index (κ3) is 3.83. The Morgan fingerprint density at radius 1 is 1.41 bits per heavy atom. The number of nitrogens with one attached hydrogen (secondary N) is 2. The van der Waals surface area contributed by atoms with E-state index in [-0.39, 0.29) is 17.9 Å². The number of nitrogens with zero attached hydrogens (tertiary/aromatic N) is 4. The Kier molecular flexibility index (Phi) is 4.69. The lowest BCUT2D eigenvalue weighted by atomic mass is 10.1. The van der Waals surface area contributed by atoms with Gasteiger partial charge in [-0.05, 0) is 25.0 Å². The first kappa shape index (κ1) is 18.1. The maximum atomic E-state index is 12.0. The number of aryl methyl sites for hydroxylation is 1. The molecule has 0 spiro atoms. The molecule has 0 aromatic carbocycles. The van der Waals surface area contributed by atoms with Gasteiger partial charge in [-0.25, -0.2) is 4.52 Å². The van der Waals surface area contributed by atoms with Crippen LogP contribution in [0.2, 0.25) is 0 Å². The first-order valence-corrected chi connectivity index (χ1v) is 9.95. The minimum Gasteiger partial charge on any atom is -0.487 e. The lowest BCUT2D eigenvalue weighted by molar-refractivity contribution is -0.117. The number of rotatable bonds is 6. The number of fused-ring (bicyclic) bond motifs is 1. The molecule has 1 amide bonds. The number of ether oxygens (including phenoxy) is 2. The molecule has 4 heterocycles. The van der Waals surface area contributed by atoms with Gasteiger partial charge in [0.25, 0.3) is 0 Å². The van der Waals surface area contributed by atoms with Crippen LogP contribution in [0.1, 0.15) is 12.8 Å². The Labute approximate surface area is 168 Å². The van der Waals surface area contributed by atoms with Crippen LogP contribution in [0, 0.1) is 5.92 Å². The molecule has 2 N–H and O–H groups in total. The monoisotopic (exact) mass is 396 g/mol. The van der Waals surface area contributed by atoms with Crippen LogP contribution in [-0.2, 0) is 16.6 Å². The molecule has 3 aromatic rings. The first-order chi connectivity index (χ1) is 14.2. The third-order valence-corrected chi connectivity index (χ3v) is 5.27. The fraction of sp³-hybridized carbons (Fsp3) is 0.450. The summed E-state index contributed by atoms with van der Waals surface area (Å²) < 4.78 is 15.3. The van der Waals surface area contributed by atoms with E-state index >= 15 is 0 Å². The minimum absolute atomic E-state index is 0.0340. The smallest absolute Gasteiger partial charge is 0.228 e. The van der Waals surface area contributed by atoms with Crippen molar-refractivity contribution in [1.82, 2.24) is 24.7 Å². The predicted molar refractivity (Wildman–Crippen MR) is 107 cm³/mol. The van der Waals surface area contributed by atoms with Gasteiger partial charge in [0.1, 0.15) is 18.4 Å². The number of carbonyl (C=O) groups is 1. The summed E-state index contributed by atoms with van der Waals surface area (Å²) in [6.07, 6.45) is 5.57. The molecular weight excluding hydrogens is 372 g/mol. The molecule has 2 fully saturated rings. The van der Waals surface area contributed by atoms with Gasteiger partial charge in [-0.2, -0.15) is 10.2 Å². The van der Waals surface area contributed by atoms with Crippen LogP contribution in [0.4, 0.5) is 5.82 Å². The van der Waals surface area contributed by atoms with Gasteiger partial charge in [0.05, 0.1) is 18.3 Å². The molecule has 0 radical (unpaired) electrons. The summed E-state index contributed by atoms with van der Waals surface area (Å²) in [5.74, 6) is 1.48. The van der Waals surface area contributed by atoms with E-state index in [9.17, 15) is 4.79 Å². The third-order valence-electron chi connectivity index (χ3n) is 5.27. The molecule has 9 heteroatoms. The summed E-state index contributed by atoms with van der Waals surface area (Å²) in [6, 6.07) is 5.86. The summed E-state index contributed by atoms with van der Waals surface area (Å²) in [7, 11) is 1.89. The number of aromatic nitrogens is 4. The van der Waals surface area contributed by atoms with Crippen molar-refractivity contribution >= 4 is 17.2 Å². The summed E-state index contributed by atoms with van der Waals surface area (Å²) in [6.45, 7) is 2.83. The van der Waals surface area contributed by atoms with Crippen molar-refractivity contribution in [1.29, 1.82) is 0 Å². The summed E-state index contributed by atoms with van der Waals surface area (Å²) in [5, 5.41) is 15.0. The average Bonchev–Trinajstić information content (AvgIpc) is 3.42. The number of amides is 1. The van der Waals surface area contributed by atoms with E-state index in [1.54, 1.807) is 15.4 Å². The lowest BCUT2D eigenvalue weighted by Gasteiger charge is -2.23. The molecule has 2 aliphatic rings. The van der Waals surface area contributed by atoms with Crippen LogP contribution in [0.15, 0.2) is 30.6 Å². The molecular formula is C20H24N6O3. The molecule has 1 aliphatic heterocycles. The first-order valence-electron chi connectivity index (χ1n) is 9.95. The van der Waals surface area contributed by atoms with Crippen LogP contribution < -0.4 is 15.4 Å². The average molecular weight is 396 g/mol. The van der Waals surface area contributed by atoms with Gasteiger partial charge in [-0.15, -0.1) is 0 Å². The zero-order chi connectivity index (χ0) is 19.8. The van der Waals surface area contributed by atoms with Crippen LogP contribution in [0.25, 0.3) is 16.8 Å². The number of hydrogen-bond donors (Lipinski definition) is 2. The summed E-state index contributed by atoms with van der Waals surface area (Å²) in [4.78, 5) is 12.0. The van der Waals surface area contributed by atoms with Crippen LogP contribution in [0.3, 0.4) is 0 Å². The molecule has 0 unspecified atom stereocenters. The van der Waals surface area contributed by atoms with E-state index in [1.807, 2.05) is 31.4 Å². The second kappa shape index (κ2) is 7.49. The van der Waals surface area contributed by atoms with E-state index in [1.165, 1.54) is 0 Å². The van der Waals surface area contributed by atoms with Gasteiger partial charge in [0, 0.05) is 43.9 Å². The fourth-order valence-corrected chi connectivity index (χ4v) is 3.54. The second-order valence-electron chi connectivity index (χ2n) is 7.57. The van der Waals surface area contributed by atoms with E-state index in [0.717, 1.165) is 42.7 Å². The topological polar surface area (TPSA) is 94.7 Å². The molecule has 1 aliphatic carbocycles. The Bertz CT molecular complexity index is 1030. The van der Waals surface area contributed by atoms with Gasteiger partial charge in [-0.1, -0.05) is 0 Å². The number of hydrogen-bond acceptors (Lipinski definition) is 6. The van der Waals surface area contributed by atoms with Gasteiger partial charge < -0.3 is 20.1 Å². The van der Waals surface area contributed by atoms with Crippen molar-refractivity contribution in [3.05, 3.63) is 30.6 Å². The molecule has 5 rings (SSSR count). The Hall–Kier alpha value is -2.91. The van der Waals surface area contributed by atoms with Gasteiger partial charge in [-0.3, -0.25) is 9.48 Å². The van der Waals surface area contributed by atoms with Crippen LogP contribution in [0.5, 0.6) is 5.75 Å². The number of pyridine rings is 1. The molecule has 3 aromatic heterocycles. The summed E-state index contributed by atoms with van der Waals surface area (Å²) >= 11 is 0. The van der Waals surface area contributed by atoms with Crippen LogP contribution >= 0.6 is 0 Å². The highest BCUT2D eigenvalue weighted by Crippen LogP contribution is 2.32. The zero-order valence-electron chi connectivity index (χ0n) is 16.3. The van der Waals surface area contributed by atoms with Gasteiger partial charge >= 0.3 is 0 Å². The largest absolute Gasteiger partial charge is 0.487 e. The molecule has 152 valence electrons. The predicted octanol–water partition coefficient (Wildman–Crippen LogP) is 1.45. The molecule has 9 nitrogen and oxygen atoms in total. The normalized spacial score (nSPS) is 19.4. The van der Waals surface area contributed by atoms with E-state index in [4.69, 9.17) is 9.47 Å². The lowest BCUT2D eigenvalue weighted by Crippen LogP contribution is -2.41. The quantitative estimate of drug-likeness (QED) is 0.655. The van der Waals surface area contributed by atoms with Gasteiger partial charge in [0.2, 0.25) is 5.91 Å². The Morgan fingerprint density at radius 2 is 2.31 bits per heavy atom. The van der Waals surface area contributed by atoms with Crippen molar-refractivity contribution in [3.63, 3.8) is 0 Å². The molecule has 0 bridgehead atoms. The molecule has 1 saturated carbocycles. The van der Waals surface area contributed by atoms with Crippen LogP contribution in [-0.4, -0.2) is 57.7 Å². The minimum atomic E-state index is 0.0340. The SMILES string of the molecule is Cn1ncc(OC[C@H]2CNCCO2)c1-c1ccn2nc(NC(=O)C3CC3)cc2c1. The highest BCUT2D eigenvalue weighted by atomic mass is 16.5. The van der Waals surface area contributed by atoms with Crippen molar-refractivity contribution in [3.8, 4) is 17.0 Å². The van der Waals surface area contributed by atoms with Crippen molar-refractivity contribution < 1.29 is 14.3 Å². The highest BCUT2D eigenvalue weighted by molar-refractivity contribution is 5.93. The fourth-order valence-electron chi connectivity index (χ4n) is 3.54. The number of carbonyl (C=O) groups excluding carboxylic acids is 1. The summed E-state index contributed by atoms with van der Waals surface area (Å²) in [5.41, 5.74) is 2.75. The maximum absolute atomic E-state index is 12.0. The van der Waals surface area contributed by atoms with E-state index in [0.29, 0.717) is 24.8 Å². The number of morpholine rings is 1. The molecule has 1 saturated heterocycles. The highest BCUT2D eigenvalue weighted by Gasteiger charge is 2.30. The van der Waals surface area contributed by atoms with Crippen molar-refractivity contribution in [2.24, 2.45) is 13.0 Å². The maximum Gasteiger partial charge on any atom is 0.228 e. The zero-order valence-corrected chi connectivity index (χ0v) is 16.3.